The standard InChI is InChI=1S/C20H21N3O4/c1-27-20(26)17-9-7-16(8-10-17)14-22-23-19(25)12-11-18(24)21-13-15-5-3-2-4-6-15/h2-10,14H,11-13H2,1H3,(H,21,24)(H,23,25)/b22-14+. The average molecular weight is 367 g/mol. The van der Waals surface area contributed by atoms with Gasteiger partial charge in [-0.3, -0.25) is 9.59 Å². The van der Waals surface area contributed by atoms with Crippen LogP contribution < -0.4 is 10.7 Å². The first-order valence-electron chi connectivity index (χ1n) is 8.39. The van der Waals surface area contributed by atoms with E-state index in [9.17, 15) is 14.4 Å². The van der Waals surface area contributed by atoms with Gasteiger partial charge in [0, 0.05) is 19.4 Å². The number of carbonyl (C=O) groups is 3. The second kappa shape index (κ2) is 10.5. The Bertz CT molecular complexity index is 802. The van der Waals surface area contributed by atoms with Crippen molar-refractivity contribution in [1.29, 1.82) is 0 Å². The van der Waals surface area contributed by atoms with E-state index in [2.05, 4.69) is 20.6 Å². The molecule has 2 aromatic rings. The number of esters is 1. The van der Waals surface area contributed by atoms with Gasteiger partial charge in [-0.2, -0.15) is 5.10 Å². The molecule has 0 unspecified atom stereocenters. The first kappa shape index (κ1) is 19.8. The molecule has 0 aliphatic heterocycles. The lowest BCUT2D eigenvalue weighted by atomic mass is 10.1. The molecule has 2 aromatic carbocycles. The van der Waals surface area contributed by atoms with Gasteiger partial charge in [0.25, 0.3) is 0 Å². The molecular formula is C20H21N3O4. The van der Waals surface area contributed by atoms with Crippen LogP contribution in [-0.4, -0.2) is 31.1 Å². The number of hydrazone groups is 1. The van der Waals surface area contributed by atoms with Gasteiger partial charge < -0.3 is 10.1 Å². The Balaban J connectivity index is 1.68. The summed E-state index contributed by atoms with van der Waals surface area (Å²) in [7, 11) is 1.31. The zero-order valence-corrected chi connectivity index (χ0v) is 15.0. The molecule has 0 radical (unpaired) electrons. The predicted molar refractivity (Wildman–Crippen MR) is 101 cm³/mol. The van der Waals surface area contributed by atoms with E-state index in [-0.39, 0.29) is 24.7 Å². The van der Waals surface area contributed by atoms with Crippen LogP contribution in [0.4, 0.5) is 0 Å². The maximum atomic E-state index is 11.8. The third-order valence-corrected chi connectivity index (χ3v) is 3.65. The molecule has 0 atom stereocenters. The second-order valence-electron chi connectivity index (χ2n) is 5.67. The molecular weight excluding hydrogens is 346 g/mol. The van der Waals surface area contributed by atoms with Crippen LogP contribution in [0.3, 0.4) is 0 Å². The molecule has 7 nitrogen and oxygen atoms in total. The number of amides is 2. The number of nitrogens with zero attached hydrogens (tertiary/aromatic N) is 1. The van der Waals surface area contributed by atoms with E-state index in [1.165, 1.54) is 13.3 Å². The Morgan fingerprint density at radius 1 is 0.963 bits per heavy atom. The minimum absolute atomic E-state index is 0.0409. The van der Waals surface area contributed by atoms with Gasteiger partial charge in [0.2, 0.25) is 11.8 Å². The molecule has 0 heterocycles. The van der Waals surface area contributed by atoms with E-state index in [0.29, 0.717) is 17.7 Å². The van der Waals surface area contributed by atoms with Crippen LogP contribution in [-0.2, 0) is 20.9 Å². The number of ether oxygens (including phenoxy) is 1. The van der Waals surface area contributed by atoms with Gasteiger partial charge in [-0.1, -0.05) is 42.5 Å². The second-order valence-corrected chi connectivity index (χ2v) is 5.67. The number of benzene rings is 2. The van der Waals surface area contributed by atoms with Crippen molar-refractivity contribution >= 4 is 24.0 Å². The molecule has 27 heavy (non-hydrogen) atoms. The molecule has 0 aliphatic rings. The average Bonchev–Trinajstić information content (AvgIpc) is 2.71. The highest BCUT2D eigenvalue weighted by molar-refractivity contribution is 5.91. The minimum atomic E-state index is -0.419. The van der Waals surface area contributed by atoms with Crippen molar-refractivity contribution in [2.75, 3.05) is 7.11 Å². The van der Waals surface area contributed by atoms with Crippen molar-refractivity contribution in [2.24, 2.45) is 5.10 Å². The zero-order valence-electron chi connectivity index (χ0n) is 15.0. The van der Waals surface area contributed by atoms with Gasteiger partial charge in [0.15, 0.2) is 0 Å². The highest BCUT2D eigenvalue weighted by Gasteiger charge is 2.06. The van der Waals surface area contributed by atoms with Crippen LogP contribution in [0.1, 0.15) is 34.3 Å². The van der Waals surface area contributed by atoms with Crippen molar-refractivity contribution in [3.63, 3.8) is 0 Å². The summed E-state index contributed by atoms with van der Waals surface area (Å²) < 4.78 is 4.62. The van der Waals surface area contributed by atoms with Crippen molar-refractivity contribution in [3.8, 4) is 0 Å². The summed E-state index contributed by atoms with van der Waals surface area (Å²) in [6.07, 6.45) is 1.58. The monoisotopic (exact) mass is 367 g/mol. The first-order valence-corrected chi connectivity index (χ1v) is 8.39. The summed E-state index contributed by atoms with van der Waals surface area (Å²) in [6.45, 7) is 0.432. The number of methoxy groups -OCH3 is 1. The third kappa shape index (κ3) is 7.11. The van der Waals surface area contributed by atoms with E-state index >= 15 is 0 Å². The van der Waals surface area contributed by atoms with Crippen LogP contribution in [0.25, 0.3) is 0 Å². The molecule has 140 valence electrons. The van der Waals surface area contributed by atoms with Crippen LogP contribution in [0, 0.1) is 0 Å². The van der Waals surface area contributed by atoms with Gasteiger partial charge in [-0.05, 0) is 23.3 Å². The maximum Gasteiger partial charge on any atom is 0.337 e. The number of rotatable bonds is 8. The molecule has 0 aromatic heterocycles. The Morgan fingerprint density at radius 3 is 2.30 bits per heavy atom. The van der Waals surface area contributed by atoms with Gasteiger partial charge in [-0.15, -0.1) is 0 Å². The van der Waals surface area contributed by atoms with E-state index in [1.807, 2.05) is 30.3 Å². The largest absolute Gasteiger partial charge is 0.465 e. The molecule has 0 bridgehead atoms. The van der Waals surface area contributed by atoms with Crippen molar-refractivity contribution in [3.05, 3.63) is 71.3 Å². The zero-order chi connectivity index (χ0) is 19.5. The molecule has 0 fully saturated rings. The molecule has 0 saturated carbocycles. The van der Waals surface area contributed by atoms with Crippen LogP contribution in [0.2, 0.25) is 0 Å². The lowest BCUT2D eigenvalue weighted by molar-refractivity contribution is -0.126. The van der Waals surface area contributed by atoms with E-state index in [1.54, 1.807) is 24.3 Å². The normalized spacial score (nSPS) is 10.4. The number of hydrogen-bond donors (Lipinski definition) is 2. The van der Waals surface area contributed by atoms with Crippen molar-refractivity contribution in [2.45, 2.75) is 19.4 Å². The first-order chi connectivity index (χ1) is 13.1. The summed E-state index contributed by atoms with van der Waals surface area (Å²) in [4.78, 5) is 34.8. The summed E-state index contributed by atoms with van der Waals surface area (Å²) in [5.74, 6) is -0.971. The Morgan fingerprint density at radius 2 is 1.63 bits per heavy atom. The maximum absolute atomic E-state index is 11.8. The van der Waals surface area contributed by atoms with E-state index < -0.39 is 5.97 Å². The van der Waals surface area contributed by atoms with Crippen LogP contribution in [0.5, 0.6) is 0 Å². The summed E-state index contributed by atoms with van der Waals surface area (Å²) >= 11 is 0. The Hall–Kier alpha value is -3.48. The van der Waals surface area contributed by atoms with Crippen LogP contribution in [0.15, 0.2) is 59.7 Å². The molecule has 0 saturated heterocycles. The van der Waals surface area contributed by atoms with Gasteiger partial charge in [-0.25, -0.2) is 10.2 Å². The number of carbonyl (C=O) groups excluding carboxylic acids is 3. The quantitative estimate of drug-likeness (QED) is 0.424. The summed E-state index contributed by atoms with van der Waals surface area (Å²) in [5, 5.41) is 6.60. The van der Waals surface area contributed by atoms with Gasteiger partial charge >= 0.3 is 5.97 Å². The SMILES string of the molecule is COC(=O)c1ccc(/C=N/NC(=O)CCC(=O)NCc2ccccc2)cc1. The van der Waals surface area contributed by atoms with Crippen LogP contribution >= 0.6 is 0 Å². The van der Waals surface area contributed by atoms with E-state index in [0.717, 1.165) is 5.56 Å². The highest BCUT2D eigenvalue weighted by Crippen LogP contribution is 2.04. The van der Waals surface area contributed by atoms with Gasteiger partial charge in [0.1, 0.15) is 0 Å². The van der Waals surface area contributed by atoms with Gasteiger partial charge in [0.05, 0.1) is 18.9 Å². The summed E-state index contributed by atoms with van der Waals surface area (Å²) in [5.41, 5.74) is 4.51. The third-order valence-electron chi connectivity index (χ3n) is 3.65. The topological polar surface area (TPSA) is 96.9 Å². The fourth-order valence-electron chi connectivity index (χ4n) is 2.17. The van der Waals surface area contributed by atoms with Crippen molar-refractivity contribution in [1.82, 2.24) is 10.7 Å². The molecule has 0 spiro atoms. The van der Waals surface area contributed by atoms with E-state index in [4.69, 9.17) is 0 Å². The fraction of sp³-hybridized carbons (Fsp3) is 0.200. The fourth-order valence-corrected chi connectivity index (χ4v) is 2.17. The Kier molecular flexibility index (Phi) is 7.71. The predicted octanol–water partition coefficient (Wildman–Crippen LogP) is 2.02. The molecule has 7 heteroatoms. The Labute approximate surface area is 157 Å². The molecule has 2 rings (SSSR count). The molecule has 0 aliphatic carbocycles. The summed E-state index contributed by atoms with van der Waals surface area (Å²) in [6, 6.07) is 16.1. The number of nitrogens with one attached hydrogen (secondary N) is 2. The van der Waals surface area contributed by atoms with Crippen molar-refractivity contribution < 1.29 is 19.1 Å². The number of hydrogen-bond acceptors (Lipinski definition) is 5. The minimum Gasteiger partial charge on any atom is -0.465 e. The highest BCUT2D eigenvalue weighted by atomic mass is 16.5. The molecule has 2 amide bonds. The lowest BCUT2D eigenvalue weighted by Gasteiger charge is -2.05. The molecule has 2 N–H and O–H groups in total. The smallest absolute Gasteiger partial charge is 0.337 e. The lowest BCUT2D eigenvalue weighted by Crippen LogP contribution is -2.25.